The van der Waals surface area contributed by atoms with Gasteiger partial charge >= 0.3 is 5.97 Å². The maximum absolute atomic E-state index is 12.6. The molecule has 0 spiro atoms. The molecule has 1 saturated heterocycles. The van der Waals surface area contributed by atoms with Gasteiger partial charge < -0.3 is 19.7 Å². The van der Waals surface area contributed by atoms with Crippen LogP contribution in [-0.2, 0) is 20.9 Å². The molecular formula is C23H26N2O5. The first kappa shape index (κ1) is 21.4. The summed E-state index contributed by atoms with van der Waals surface area (Å²) in [6, 6.07) is 14.1. The van der Waals surface area contributed by atoms with Crippen molar-refractivity contribution in [2.45, 2.75) is 32.7 Å². The van der Waals surface area contributed by atoms with Crippen LogP contribution in [-0.4, -0.2) is 42.4 Å². The Morgan fingerprint density at radius 2 is 1.93 bits per heavy atom. The Morgan fingerprint density at radius 3 is 2.73 bits per heavy atom. The number of likely N-dealkylation sites (tertiary alicyclic amines) is 1. The van der Waals surface area contributed by atoms with Crippen LogP contribution < -0.4 is 10.1 Å². The van der Waals surface area contributed by atoms with Crippen LogP contribution in [0, 0.1) is 0 Å². The fraction of sp³-hybridized carbons (Fsp3) is 0.348. The summed E-state index contributed by atoms with van der Waals surface area (Å²) in [6.07, 6.45) is 2.58. The first-order chi connectivity index (χ1) is 14.5. The molecular weight excluding hydrogens is 384 g/mol. The molecule has 1 heterocycles. The van der Waals surface area contributed by atoms with E-state index in [0.717, 1.165) is 24.9 Å². The van der Waals surface area contributed by atoms with Crippen molar-refractivity contribution in [3.8, 4) is 5.75 Å². The number of piperidine rings is 1. The van der Waals surface area contributed by atoms with Crippen molar-refractivity contribution in [3.63, 3.8) is 0 Å². The van der Waals surface area contributed by atoms with Crippen LogP contribution in [0.5, 0.6) is 5.75 Å². The summed E-state index contributed by atoms with van der Waals surface area (Å²) in [6.45, 7) is 3.11. The molecule has 1 aliphatic rings. The van der Waals surface area contributed by atoms with Crippen molar-refractivity contribution < 1.29 is 23.9 Å². The van der Waals surface area contributed by atoms with Gasteiger partial charge in [-0.1, -0.05) is 18.2 Å². The number of amides is 2. The first-order valence-electron chi connectivity index (χ1n) is 10.1. The van der Waals surface area contributed by atoms with Gasteiger partial charge in [0.25, 0.3) is 5.91 Å². The maximum atomic E-state index is 12.6. The minimum atomic E-state index is -0.462. The van der Waals surface area contributed by atoms with Crippen molar-refractivity contribution >= 4 is 23.5 Å². The Kier molecular flexibility index (Phi) is 7.43. The fourth-order valence-electron chi connectivity index (χ4n) is 3.27. The zero-order valence-corrected chi connectivity index (χ0v) is 17.1. The molecule has 1 N–H and O–H groups in total. The summed E-state index contributed by atoms with van der Waals surface area (Å²) >= 11 is 0. The Balaban J connectivity index is 1.61. The molecule has 7 nitrogen and oxygen atoms in total. The summed E-state index contributed by atoms with van der Waals surface area (Å²) in [5, 5.41) is 2.87. The standard InChI is InChI=1S/C23H26N2O5/c1-2-29-22(27)16-30-20-10-6-8-18(14-20)23(28)24-19-9-5-7-17(13-19)15-25-12-4-3-11-21(25)26/h5-10,13-14H,2-4,11-12,15-16H2,1H3,(H,24,28). The number of esters is 1. The lowest BCUT2D eigenvalue weighted by atomic mass is 10.1. The molecule has 2 amide bonds. The third-order valence-electron chi connectivity index (χ3n) is 4.74. The summed E-state index contributed by atoms with van der Waals surface area (Å²) in [4.78, 5) is 37.9. The Labute approximate surface area is 176 Å². The van der Waals surface area contributed by atoms with Crippen molar-refractivity contribution in [3.05, 3.63) is 59.7 Å². The number of carbonyl (C=O) groups excluding carboxylic acids is 3. The molecule has 0 bridgehead atoms. The van der Waals surface area contributed by atoms with E-state index in [9.17, 15) is 14.4 Å². The van der Waals surface area contributed by atoms with Gasteiger partial charge in [0, 0.05) is 30.8 Å². The highest BCUT2D eigenvalue weighted by Gasteiger charge is 2.18. The summed E-state index contributed by atoms with van der Waals surface area (Å²) < 4.78 is 10.2. The monoisotopic (exact) mass is 410 g/mol. The van der Waals surface area contributed by atoms with Gasteiger partial charge in [0.15, 0.2) is 6.61 Å². The van der Waals surface area contributed by atoms with Crippen molar-refractivity contribution in [1.82, 2.24) is 4.90 Å². The second kappa shape index (κ2) is 10.4. The smallest absolute Gasteiger partial charge is 0.344 e. The summed E-state index contributed by atoms with van der Waals surface area (Å²) in [7, 11) is 0. The molecule has 0 aromatic heterocycles. The van der Waals surface area contributed by atoms with Crippen molar-refractivity contribution in [1.29, 1.82) is 0 Å². The molecule has 0 atom stereocenters. The van der Waals surface area contributed by atoms with E-state index in [4.69, 9.17) is 9.47 Å². The molecule has 0 aliphatic carbocycles. The number of hydrogen-bond donors (Lipinski definition) is 1. The number of carbonyl (C=O) groups is 3. The molecule has 7 heteroatoms. The lowest BCUT2D eigenvalue weighted by Gasteiger charge is -2.26. The average molecular weight is 410 g/mol. The first-order valence-corrected chi connectivity index (χ1v) is 10.1. The predicted molar refractivity (Wildman–Crippen MR) is 112 cm³/mol. The highest BCUT2D eigenvalue weighted by atomic mass is 16.6. The van der Waals surface area contributed by atoms with E-state index in [1.54, 1.807) is 37.3 Å². The predicted octanol–water partition coefficient (Wildman–Crippen LogP) is 3.39. The fourth-order valence-corrected chi connectivity index (χ4v) is 3.27. The molecule has 1 fully saturated rings. The second-order valence-electron chi connectivity index (χ2n) is 7.05. The summed E-state index contributed by atoms with van der Waals surface area (Å²) in [5.41, 5.74) is 2.03. The van der Waals surface area contributed by atoms with Gasteiger partial charge in [0.05, 0.1) is 6.61 Å². The topological polar surface area (TPSA) is 84.9 Å². The van der Waals surface area contributed by atoms with Crippen LogP contribution in [0.3, 0.4) is 0 Å². The van der Waals surface area contributed by atoms with Crippen LogP contribution in [0.15, 0.2) is 48.5 Å². The third-order valence-corrected chi connectivity index (χ3v) is 4.74. The largest absolute Gasteiger partial charge is 0.482 e. The van der Waals surface area contributed by atoms with Crippen LogP contribution in [0.1, 0.15) is 42.1 Å². The van der Waals surface area contributed by atoms with E-state index in [-0.39, 0.29) is 25.0 Å². The van der Waals surface area contributed by atoms with Crippen LogP contribution >= 0.6 is 0 Å². The Hall–Kier alpha value is -3.35. The Morgan fingerprint density at radius 1 is 1.10 bits per heavy atom. The molecule has 0 saturated carbocycles. The number of hydrogen-bond acceptors (Lipinski definition) is 5. The van der Waals surface area contributed by atoms with Gasteiger partial charge in [0.2, 0.25) is 5.91 Å². The SMILES string of the molecule is CCOC(=O)COc1cccc(C(=O)Nc2cccc(CN3CCCCC3=O)c2)c1. The quantitative estimate of drug-likeness (QED) is 0.675. The lowest BCUT2D eigenvalue weighted by molar-refractivity contribution is -0.145. The van der Waals surface area contributed by atoms with Crippen LogP contribution in [0.25, 0.3) is 0 Å². The summed E-state index contributed by atoms with van der Waals surface area (Å²) in [5.74, 6) is -0.164. The van der Waals surface area contributed by atoms with Gasteiger partial charge in [-0.25, -0.2) is 4.79 Å². The molecule has 0 unspecified atom stereocenters. The molecule has 30 heavy (non-hydrogen) atoms. The number of ether oxygens (including phenoxy) is 2. The molecule has 2 aromatic rings. The van der Waals surface area contributed by atoms with Crippen LogP contribution in [0.2, 0.25) is 0 Å². The normalized spacial score (nSPS) is 13.6. The van der Waals surface area contributed by atoms with E-state index in [0.29, 0.717) is 30.0 Å². The third kappa shape index (κ3) is 6.07. The molecule has 1 aliphatic heterocycles. The van der Waals surface area contributed by atoms with Gasteiger partial charge in [-0.3, -0.25) is 9.59 Å². The van der Waals surface area contributed by atoms with Gasteiger partial charge in [-0.2, -0.15) is 0 Å². The van der Waals surface area contributed by atoms with E-state index in [1.165, 1.54) is 0 Å². The van der Waals surface area contributed by atoms with E-state index in [1.807, 2.05) is 23.1 Å². The highest BCUT2D eigenvalue weighted by molar-refractivity contribution is 6.04. The van der Waals surface area contributed by atoms with Crippen molar-refractivity contribution in [2.75, 3.05) is 25.1 Å². The minimum absolute atomic E-state index is 0.176. The van der Waals surface area contributed by atoms with Crippen LogP contribution in [0.4, 0.5) is 5.69 Å². The maximum Gasteiger partial charge on any atom is 0.344 e. The number of anilines is 1. The number of rotatable bonds is 8. The zero-order valence-electron chi connectivity index (χ0n) is 17.1. The van der Waals surface area contributed by atoms with Crippen molar-refractivity contribution in [2.24, 2.45) is 0 Å². The number of benzene rings is 2. The van der Waals surface area contributed by atoms with E-state index >= 15 is 0 Å². The minimum Gasteiger partial charge on any atom is -0.482 e. The number of nitrogens with zero attached hydrogens (tertiary/aromatic N) is 1. The number of nitrogens with one attached hydrogen (secondary N) is 1. The zero-order chi connectivity index (χ0) is 21.3. The lowest BCUT2D eigenvalue weighted by Crippen LogP contribution is -2.34. The van der Waals surface area contributed by atoms with Gasteiger partial charge in [-0.05, 0) is 55.7 Å². The molecule has 158 valence electrons. The highest BCUT2D eigenvalue weighted by Crippen LogP contribution is 2.19. The van der Waals surface area contributed by atoms with E-state index in [2.05, 4.69) is 5.32 Å². The average Bonchev–Trinajstić information content (AvgIpc) is 2.75. The van der Waals surface area contributed by atoms with Gasteiger partial charge in [0.1, 0.15) is 5.75 Å². The molecule has 3 rings (SSSR count). The van der Waals surface area contributed by atoms with E-state index < -0.39 is 5.97 Å². The molecule has 2 aromatic carbocycles. The Bertz CT molecular complexity index is 912. The molecule has 0 radical (unpaired) electrons. The van der Waals surface area contributed by atoms with Gasteiger partial charge in [-0.15, -0.1) is 0 Å². The second-order valence-corrected chi connectivity index (χ2v) is 7.05.